The Labute approximate surface area is 177 Å². The van der Waals surface area contributed by atoms with Crippen LogP contribution in [0.1, 0.15) is 61.3 Å². The van der Waals surface area contributed by atoms with Gasteiger partial charge in [-0.05, 0) is 44.4 Å². The molecule has 0 atom stereocenters. The van der Waals surface area contributed by atoms with Crippen LogP contribution in [-0.4, -0.2) is 48.0 Å². The summed E-state index contributed by atoms with van der Waals surface area (Å²) in [5.74, 6) is -0.270. The van der Waals surface area contributed by atoms with Crippen LogP contribution in [0.2, 0.25) is 0 Å². The fraction of sp³-hybridized carbons (Fsp3) is 0.609. The van der Waals surface area contributed by atoms with Crippen LogP contribution in [0.25, 0.3) is 0 Å². The summed E-state index contributed by atoms with van der Waals surface area (Å²) in [6.45, 7) is 7.11. The number of aryl methyl sites for hydroxylation is 2. The Morgan fingerprint density at radius 1 is 1.37 bits per heavy atom. The van der Waals surface area contributed by atoms with E-state index in [9.17, 15) is 9.59 Å². The molecule has 1 aromatic rings. The summed E-state index contributed by atoms with van der Waals surface area (Å²) in [6, 6.07) is 0. The van der Waals surface area contributed by atoms with Crippen LogP contribution in [0.15, 0.2) is 23.3 Å². The maximum Gasteiger partial charge on any atom is 0.338 e. The topological polar surface area (TPSA) is 82.5 Å². The van der Waals surface area contributed by atoms with Gasteiger partial charge in [0.15, 0.2) is 0 Å². The molecule has 3 heterocycles. The minimum atomic E-state index is -0.254. The van der Waals surface area contributed by atoms with Gasteiger partial charge >= 0.3 is 5.97 Å². The van der Waals surface area contributed by atoms with Crippen molar-refractivity contribution in [1.29, 1.82) is 0 Å². The smallest absolute Gasteiger partial charge is 0.338 e. The average molecular weight is 414 g/mol. The van der Waals surface area contributed by atoms with Crippen molar-refractivity contribution in [2.45, 2.75) is 58.9 Å². The molecule has 0 saturated carbocycles. The zero-order chi connectivity index (χ0) is 21.1. The van der Waals surface area contributed by atoms with Crippen molar-refractivity contribution in [3.05, 3.63) is 40.2 Å². The first-order valence-corrected chi connectivity index (χ1v) is 11.0. The van der Waals surface area contributed by atoms with Crippen molar-refractivity contribution in [3.8, 4) is 0 Å². The SMILES string of the molecule is CCc1nn(CCCOC(=O)C2=C(C)CC=C2)c2c1C(=O)NCC1(CCOCC1)C2. The van der Waals surface area contributed by atoms with E-state index in [4.69, 9.17) is 14.6 Å². The van der Waals surface area contributed by atoms with Gasteiger partial charge in [0.1, 0.15) is 0 Å². The fourth-order valence-electron chi connectivity index (χ4n) is 4.66. The predicted octanol–water partition coefficient (Wildman–Crippen LogP) is 2.74. The summed E-state index contributed by atoms with van der Waals surface area (Å²) in [5, 5.41) is 7.89. The third-order valence-electron chi connectivity index (χ3n) is 6.55. The number of carbonyl (C=O) groups is 2. The number of hydrogen-bond donors (Lipinski definition) is 1. The van der Waals surface area contributed by atoms with Gasteiger partial charge in [-0.15, -0.1) is 0 Å². The lowest BCUT2D eigenvalue weighted by molar-refractivity contribution is -0.138. The van der Waals surface area contributed by atoms with Gasteiger partial charge in [0.25, 0.3) is 5.91 Å². The van der Waals surface area contributed by atoms with Crippen molar-refractivity contribution >= 4 is 11.9 Å². The first kappa shape index (κ1) is 20.8. The molecule has 1 saturated heterocycles. The van der Waals surface area contributed by atoms with E-state index in [1.807, 2.05) is 30.7 Å². The lowest BCUT2D eigenvalue weighted by Gasteiger charge is -2.36. The number of esters is 1. The summed E-state index contributed by atoms with van der Waals surface area (Å²) < 4.78 is 13.0. The maximum absolute atomic E-state index is 12.8. The monoisotopic (exact) mass is 413 g/mol. The highest BCUT2D eigenvalue weighted by Crippen LogP contribution is 2.37. The second kappa shape index (κ2) is 8.76. The molecule has 2 aliphatic heterocycles. The van der Waals surface area contributed by atoms with Gasteiger partial charge in [-0.2, -0.15) is 5.10 Å². The number of hydrogen-bond acceptors (Lipinski definition) is 5. The Hall–Kier alpha value is -2.41. The van der Waals surface area contributed by atoms with Crippen LogP contribution >= 0.6 is 0 Å². The third kappa shape index (κ3) is 4.08. The van der Waals surface area contributed by atoms with Crippen molar-refractivity contribution < 1.29 is 19.1 Å². The normalized spacial score (nSPS) is 20.3. The van der Waals surface area contributed by atoms with E-state index in [1.54, 1.807) is 0 Å². The number of aromatic nitrogens is 2. The molecule has 162 valence electrons. The van der Waals surface area contributed by atoms with Crippen LogP contribution in [0, 0.1) is 5.41 Å². The van der Waals surface area contributed by atoms with E-state index in [-0.39, 0.29) is 17.3 Å². The number of carbonyl (C=O) groups excluding carboxylic acids is 2. The van der Waals surface area contributed by atoms with Gasteiger partial charge < -0.3 is 14.8 Å². The molecule has 7 heteroatoms. The quantitative estimate of drug-likeness (QED) is 0.573. The number of allylic oxidation sites excluding steroid dienone is 2. The molecule has 0 bridgehead atoms. The minimum Gasteiger partial charge on any atom is -0.462 e. The summed E-state index contributed by atoms with van der Waals surface area (Å²) in [4.78, 5) is 25.1. The summed E-state index contributed by atoms with van der Waals surface area (Å²) in [7, 11) is 0. The zero-order valence-corrected chi connectivity index (χ0v) is 18.0. The summed E-state index contributed by atoms with van der Waals surface area (Å²) >= 11 is 0. The highest BCUT2D eigenvalue weighted by atomic mass is 16.5. The minimum absolute atomic E-state index is 0.0154. The van der Waals surface area contributed by atoms with Crippen LogP contribution < -0.4 is 5.32 Å². The lowest BCUT2D eigenvalue weighted by Crippen LogP contribution is -2.40. The van der Waals surface area contributed by atoms with E-state index in [0.29, 0.717) is 38.1 Å². The number of ether oxygens (including phenoxy) is 2. The molecule has 0 aromatic carbocycles. The second-order valence-electron chi connectivity index (χ2n) is 8.61. The van der Waals surface area contributed by atoms with Crippen LogP contribution in [-0.2, 0) is 33.7 Å². The maximum atomic E-state index is 12.8. The zero-order valence-electron chi connectivity index (χ0n) is 18.0. The third-order valence-corrected chi connectivity index (χ3v) is 6.55. The van der Waals surface area contributed by atoms with Gasteiger partial charge in [0.2, 0.25) is 0 Å². The second-order valence-corrected chi connectivity index (χ2v) is 8.61. The first-order chi connectivity index (χ1) is 14.5. The standard InChI is InChI=1S/C23H31N3O4/c1-3-18-20-19(14-23(15-24-21(20)27)8-12-29-13-9-23)26(25-18)10-5-11-30-22(28)17-7-4-6-16(17)2/h4,7H,3,5-6,8-15H2,1-2H3,(H,24,27). The number of amides is 1. The summed E-state index contributed by atoms with van der Waals surface area (Å²) in [5.41, 5.74) is 4.38. The van der Waals surface area contributed by atoms with Crippen LogP contribution in [0.3, 0.4) is 0 Å². The van der Waals surface area contributed by atoms with Crippen molar-refractivity contribution in [2.75, 3.05) is 26.4 Å². The highest BCUT2D eigenvalue weighted by molar-refractivity contribution is 5.97. The number of nitrogens with zero attached hydrogens (tertiary/aromatic N) is 2. The van der Waals surface area contributed by atoms with E-state index < -0.39 is 0 Å². The molecule has 4 rings (SSSR count). The number of rotatable bonds is 6. The fourth-order valence-corrected chi connectivity index (χ4v) is 4.66. The van der Waals surface area contributed by atoms with Crippen molar-refractivity contribution in [3.63, 3.8) is 0 Å². The predicted molar refractivity (Wildman–Crippen MR) is 112 cm³/mol. The molecule has 1 aromatic heterocycles. The van der Waals surface area contributed by atoms with Crippen LogP contribution in [0.5, 0.6) is 0 Å². The molecule has 0 radical (unpaired) electrons. The van der Waals surface area contributed by atoms with E-state index >= 15 is 0 Å². The average Bonchev–Trinajstić information content (AvgIpc) is 3.29. The molecule has 3 aliphatic rings. The Bertz CT molecular complexity index is 891. The molecule has 0 unspecified atom stereocenters. The molecule has 7 nitrogen and oxygen atoms in total. The first-order valence-electron chi connectivity index (χ1n) is 11.0. The molecular weight excluding hydrogens is 382 g/mol. The molecule has 1 aliphatic carbocycles. The van der Waals surface area contributed by atoms with Crippen molar-refractivity contribution in [2.24, 2.45) is 5.41 Å². The van der Waals surface area contributed by atoms with Gasteiger partial charge in [0, 0.05) is 32.7 Å². The number of nitrogens with one attached hydrogen (secondary N) is 1. The van der Waals surface area contributed by atoms with Gasteiger partial charge in [-0.3, -0.25) is 9.48 Å². The van der Waals surface area contributed by atoms with Gasteiger partial charge in [0.05, 0.1) is 29.1 Å². The van der Waals surface area contributed by atoms with Gasteiger partial charge in [-0.25, -0.2) is 4.79 Å². The Morgan fingerprint density at radius 2 is 2.17 bits per heavy atom. The lowest BCUT2D eigenvalue weighted by atomic mass is 9.76. The molecular formula is C23H31N3O4. The van der Waals surface area contributed by atoms with E-state index in [2.05, 4.69) is 5.32 Å². The molecule has 1 N–H and O–H groups in total. The highest BCUT2D eigenvalue weighted by Gasteiger charge is 2.39. The van der Waals surface area contributed by atoms with Crippen molar-refractivity contribution in [1.82, 2.24) is 15.1 Å². The number of fused-ring (bicyclic) bond motifs is 1. The molecule has 1 fully saturated rings. The molecule has 30 heavy (non-hydrogen) atoms. The van der Waals surface area contributed by atoms with E-state index in [1.165, 1.54) is 0 Å². The van der Waals surface area contributed by atoms with Crippen LogP contribution in [0.4, 0.5) is 0 Å². The van der Waals surface area contributed by atoms with Gasteiger partial charge in [-0.1, -0.05) is 24.6 Å². The Morgan fingerprint density at radius 3 is 2.87 bits per heavy atom. The largest absolute Gasteiger partial charge is 0.462 e. The molecule has 1 spiro atoms. The molecule has 1 amide bonds. The van der Waals surface area contributed by atoms with E-state index in [0.717, 1.165) is 61.4 Å². The Kier molecular flexibility index (Phi) is 6.09. The summed E-state index contributed by atoms with van der Waals surface area (Å²) in [6.07, 6.45) is 8.73. The Balaban J connectivity index is 1.46.